The van der Waals surface area contributed by atoms with Crippen LogP contribution in [0.15, 0.2) is 24.3 Å². The molecule has 0 unspecified atom stereocenters. The maximum atomic E-state index is 13.7. The van der Waals surface area contributed by atoms with Crippen molar-refractivity contribution in [3.63, 3.8) is 0 Å². The fraction of sp³-hybridized carbons (Fsp3) is 0.562. The Morgan fingerprint density at radius 2 is 1.70 bits per heavy atom. The van der Waals surface area contributed by atoms with Crippen molar-refractivity contribution in [1.82, 2.24) is 9.80 Å². The van der Waals surface area contributed by atoms with Gasteiger partial charge in [-0.1, -0.05) is 25.0 Å². The number of benzene rings is 1. The number of rotatable bonds is 2. The van der Waals surface area contributed by atoms with Crippen molar-refractivity contribution < 1.29 is 9.18 Å². The number of amides is 1. The molecule has 4 heteroatoms. The van der Waals surface area contributed by atoms with Gasteiger partial charge in [-0.05, 0) is 25.0 Å². The van der Waals surface area contributed by atoms with Gasteiger partial charge in [0.2, 0.25) is 0 Å². The first-order chi connectivity index (χ1) is 9.75. The van der Waals surface area contributed by atoms with E-state index in [1.54, 1.807) is 23.1 Å². The van der Waals surface area contributed by atoms with Gasteiger partial charge in [0.25, 0.3) is 5.91 Å². The van der Waals surface area contributed by atoms with Crippen LogP contribution in [-0.2, 0) is 0 Å². The van der Waals surface area contributed by atoms with E-state index in [-0.39, 0.29) is 11.5 Å². The summed E-state index contributed by atoms with van der Waals surface area (Å²) in [4.78, 5) is 16.6. The van der Waals surface area contributed by atoms with Crippen molar-refractivity contribution >= 4 is 5.91 Å². The lowest BCUT2D eigenvalue weighted by Gasteiger charge is -2.38. The number of piperazine rings is 1. The van der Waals surface area contributed by atoms with Gasteiger partial charge in [-0.2, -0.15) is 0 Å². The van der Waals surface area contributed by atoms with E-state index in [9.17, 15) is 9.18 Å². The summed E-state index contributed by atoms with van der Waals surface area (Å²) in [6.07, 6.45) is 5.25. The second-order valence-electron chi connectivity index (χ2n) is 5.75. The normalized spacial score (nSPS) is 21.4. The van der Waals surface area contributed by atoms with Gasteiger partial charge in [-0.25, -0.2) is 4.39 Å². The van der Waals surface area contributed by atoms with Gasteiger partial charge in [-0.3, -0.25) is 9.69 Å². The molecule has 1 saturated carbocycles. The summed E-state index contributed by atoms with van der Waals surface area (Å²) in [6, 6.07) is 6.96. The van der Waals surface area contributed by atoms with Crippen molar-refractivity contribution in [3.05, 3.63) is 35.6 Å². The summed E-state index contributed by atoms with van der Waals surface area (Å²) >= 11 is 0. The van der Waals surface area contributed by atoms with E-state index < -0.39 is 5.82 Å². The Labute approximate surface area is 119 Å². The summed E-state index contributed by atoms with van der Waals surface area (Å²) in [7, 11) is 0. The van der Waals surface area contributed by atoms with Crippen LogP contribution < -0.4 is 0 Å². The Morgan fingerprint density at radius 1 is 1.05 bits per heavy atom. The number of carbonyl (C=O) groups is 1. The van der Waals surface area contributed by atoms with E-state index in [1.807, 2.05) is 0 Å². The lowest BCUT2D eigenvalue weighted by atomic mass is 10.1. The Hall–Kier alpha value is -1.42. The van der Waals surface area contributed by atoms with E-state index in [4.69, 9.17) is 0 Å². The molecule has 0 atom stereocenters. The predicted molar refractivity (Wildman–Crippen MR) is 76.1 cm³/mol. The van der Waals surface area contributed by atoms with Gasteiger partial charge in [-0.15, -0.1) is 0 Å². The highest BCUT2D eigenvalue weighted by atomic mass is 19.1. The summed E-state index contributed by atoms with van der Waals surface area (Å²) in [6.45, 7) is 3.27. The van der Waals surface area contributed by atoms with Crippen LogP contribution in [-0.4, -0.2) is 47.9 Å². The first-order valence-corrected chi connectivity index (χ1v) is 7.53. The molecule has 0 radical (unpaired) electrons. The summed E-state index contributed by atoms with van der Waals surface area (Å²) in [5, 5.41) is 0. The van der Waals surface area contributed by atoms with Crippen LogP contribution >= 0.6 is 0 Å². The first kappa shape index (κ1) is 13.6. The average molecular weight is 276 g/mol. The number of hydrogen-bond donors (Lipinski definition) is 0. The maximum absolute atomic E-state index is 13.7. The highest BCUT2D eigenvalue weighted by Crippen LogP contribution is 2.24. The van der Waals surface area contributed by atoms with Crippen LogP contribution in [0, 0.1) is 5.82 Å². The molecule has 0 aromatic heterocycles. The summed E-state index contributed by atoms with van der Waals surface area (Å²) in [5.41, 5.74) is 0.196. The molecule has 1 aliphatic heterocycles. The molecule has 0 N–H and O–H groups in total. The fourth-order valence-corrected chi connectivity index (χ4v) is 3.36. The van der Waals surface area contributed by atoms with Gasteiger partial charge in [0.05, 0.1) is 5.56 Å². The number of nitrogens with zero attached hydrogens (tertiary/aromatic N) is 2. The molecule has 1 aliphatic carbocycles. The predicted octanol–water partition coefficient (Wildman–Crippen LogP) is 2.53. The Morgan fingerprint density at radius 3 is 2.35 bits per heavy atom. The Bertz CT molecular complexity index is 477. The molecule has 1 aromatic rings. The van der Waals surface area contributed by atoms with Crippen molar-refractivity contribution in [1.29, 1.82) is 0 Å². The van der Waals surface area contributed by atoms with Crippen LogP contribution in [0.5, 0.6) is 0 Å². The topological polar surface area (TPSA) is 23.6 Å². The van der Waals surface area contributed by atoms with Crippen LogP contribution in [0.25, 0.3) is 0 Å². The molecule has 3 nitrogen and oxygen atoms in total. The highest BCUT2D eigenvalue weighted by molar-refractivity contribution is 5.94. The van der Waals surface area contributed by atoms with E-state index in [0.717, 1.165) is 13.1 Å². The SMILES string of the molecule is O=C(c1ccccc1F)N1CCN(C2CCCC2)CC1. The highest BCUT2D eigenvalue weighted by Gasteiger charge is 2.28. The molecule has 1 saturated heterocycles. The van der Waals surface area contributed by atoms with Crippen LogP contribution in [0.3, 0.4) is 0 Å². The van der Waals surface area contributed by atoms with Gasteiger partial charge in [0.1, 0.15) is 5.82 Å². The van der Waals surface area contributed by atoms with Gasteiger partial charge >= 0.3 is 0 Å². The molecule has 3 rings (SSSR count). The Balaban J connectivity index is 1.60. The lowest BCUT2D eigenvalue weighted by Crippen LogP contribution is -2.51. The van der Waals surface area contributed by atoms with Gasteiger partial charge in [0.15, 0.2) is 0 Å². The molecule has 0 spiro atoms. The molecular formula is C16H21FN2O. The second-order valence-corrected chi connectivity index (χ2v) is 5.75. The second kappa shape index (κ2) is 5.92. The third-order valence-corrected chi connectivity index (χ3v) is 4.55. The third kappa shape index (κ3) is 2.70. The minimum Gasteiger partial charge on any atom is -0.336 e. The largest absolute Gasteiger partial charge is 0.336 e. The zero-order valence-electron chi connectivity index (χ0n) is 11.7. The minimum atomic E-state index is -0.421. The lowest BCUT2D eigenvalue weighted by molar-refractivity contribution is 0.0569. The molecule has 1 amide bonds. The number of hydrogen-bond acceptors (Lipinski definition) is 2. The number of halogens is 1. The van der Waals surface area contributed by atoms with Crippen LogP contribution in [0.2, 0.25) is 0 Å². The molecule has 0 bridgehead atoms. The quantitative estimate of drug-likeness (QED) is 0.828. The molecule has 2 aliphatic rings. The first-order valence-electron chi connectivity index (χ1n) is 7.53. The third-order valence-electron chi connectivity index (χ3n) is 4.55. The van der Waals surface area contributed by atoms with E-state index >= 15 is 0 Å². The van der Waals surface area contributed by atoms with E-state index in [1.165, 1.54) is 31.7 Å². The Kier molecular flexibility index (Phi) is 4.01. The van der Waals surface area contributed by atoms with Crippen LogP contribution in [0.1, 0.15) is 36.0 Å². The van der Waals surface area contributed by atoms with Gasteiger partial charge in [0, 0.05) is 32.2 Å². The van der Waals surface area contributed by atoms with E-state index in [2.05, 4.69) is 4.90 Å². The maximum Gasteiger partial charge on any atom is 0.256 e. The van der Waals surface area contributed by atoms with Crippen molar-refractivity contribution in [2.45, 2.75) is 31.7 Å². The molecule has 20 heavy (non-hydrogen) atoms. The van der Waals surface area contributed by atoms with Crippen molar-refractivity contribution in [2.24, 2.45) is 0 Å². The minimum absolute atomic E-state index is 0.172. The molecule has 1 heterocycles. The van der Waals surface area contributed by atoms with Crippen molar-refractivity contribution in [2.75, 3.05) is 26.2 Å². The number of carbonyl (C=O) groups excluding carboxylic acids is 1. The van der Waals surface area contributed by atoms with Crippen molar-refractivity contribution in [3.8, 4) is 0 Å². The zero-order valence-corrected chi connectivity index (χ0v) is 11.7. The smallest absolute Gasteiger partial charge is 0.256 e. The standard InChI is InChI=1S/C16H21FN2O/c17-15-8-4-3-7-14(15)16(20)19-11-9-18(10-12-19)13-5-1-2-6-13/h3-4,7-8,13H,1-2,5-6,9-12H2. The van der Waals surface area contributed by atoms with Gasteiger partial charge < -0.3 is 4.90 Å². The monoisotopic (exact) mass is 276 g/mol. The molecule has 1 aromatic carbocycles. The van der Waals surface area contributed by atoms with Crippen LogP contribution in [0.4, 0.5) is 4.39 Å². The fourth-order valence-electron chi connectivity index (χ4n) is 3.36. The molecule has 2 fully saturated rings. The summed E-state index contributed by atoms with van der Waals surface area (Å²) in [5.74, 6) is -0.593. The zero-order chi connectivity index (χ0) is 13.9. The average Bonchev–Trinajstić information content (AvgIpc) is 3.01. The summed E-state index contributed by atoms with van der Waals surface area (Å²) < 4.78 is 13.7. The van der Waals surface area contributed by atoms with E-state index in [0.29, 0.717) is 19.1 Å². The molecular weight excluding hydrogens is 255 g/mol. The molecule has 108 valence electrons.